The van der Waals surface area contributed by atoms with Crippen LogP contribution >= 0.6 is 0 Å². The molecule has 0 amide bonds. The molecule has 0 bridgehead atoms. The Hall–Kier alpha value is -2.64. The number of aromatic nitrogens is 3. The van der Waals surface area contributed by atoms with Crippen LogP contribution in [0.4, 0.5) is 17.6 Å². The molecule has 0 aliphatic carbocycles. The van der Waals surface area contributed by atoms with E-state index in [1.807, 2.05) is 6.07 Å². The summed E-state index contributed by atoms with van der Waals surface area (Å²) in [6, 6.07) is 10.5. The molecular formula is C15H11F4N3O. The number of hydrogen-bond acceptors (Lipinski definition) is 3. The lowest BCUT2D eigenvalue weighted by Gasteiger charge is -2.15. The highest BCUT2D eigenvalue weighted by atomic mass is 19.4. The van der Waals surface area contributed by atoms with Gasteiger partial charge in [-0.25, -0.2) is 4.68 Å². The first-order valence-electron chi connectivity index (χ1n) is 6.67. The summed E-state index contributed by atoms with van der Waals surface area (Å²) in [5, 5.41) is 4.38. The summed E-state index contributed by atoms with van der Waals surface area (Å²) in [5.74, 6) is -0.304. The maximum atomic E-state index is 13.3. The van der Waals surface area contributed by atoms with Gasteiger partial charge in [0.15, 0.2) is 0 Å². The molecule has 120 valence electrons. The molecule has 8 heteroatoms. The van der Waals surface area contributed by atoms with E-state index in [1.54, 1.807) is 24.3 Å². The molecule has 23 heavy (non-hydrogen) atoms. The van der Waals surface area contributed by atoms with E-state index in [4.69, 9.17) is 0 Å². The molecule has 0 N–H and O–H groups in total. The number of hydrogen-bond donors (Lipinski definition) is 0. The fourth-order valence-corrected chi connectivity index (χ4v) is 2.11. The highest BCUT2D eigenvalue weighted by molar-refractivity contribution is 5.83. The van der Waals surface area contributed by atoms with Crippen LogP contribution in [0.3, 0.4) is 0 Å². The lowest BCUT2D eigenvalue weighted by atomic mass is 10.2. The number of rotatable bonds is 4. The number of ether oxygens (including phenoxy) is 1. The number of nitrogens with zero attached hydrogens (tertiary/aromatic N) is 3. The normalized spacial score (nSPS) is 13.2. The molecule has 0 fully saturated rings. The maximum absolute atomic E-state index is 13.3. The minimum Gasteiger partial charge on any atom is -0.434 e. The van der Waals surface area contributed by atoms with Crippen molar-refractivity contribution in [3.05, 3.63) is 54.4 Å². The van der Waals surface area contributed by atoms with Crippen molar-refractivity contribution in [3.8, 4) is 5.88 Å². The molecule has 3 rings (SSSR count). The average Bonchev–Trinajstić information content (AvgIpc) is 2.85. The number of fused-ring (bicyclic) bond motifs is 1. The molecule has 0 aliphatic rings. The predicted octanol–water partition coefficient (Wildman–Crippen LogP) is 3.72. The number of pyridine rings is 1. The number of alkyl halides is 4. The quantitative estimate of drug-likeness (QED) is 0.687. The Morgan fingerprint density at radius 1 is 1.13 bits per heavy atom. The zero-order valence-corrected chi connectivity index (χ0v) is 11.7. The van der Waals surface area contributed by atoms with Crippen molar-refractivity contribution in [3.63, 3.8) is 0 Å². The van der Waals surface area contributed by atoms with Crippen LogP contribution in [-0.4, -0.2) is 27.3 Å². The highest BCUT2D eigenvalue weighted by Crippen LogP contribution is 2.31. The molecule has 1 unspecified atom stereocenters. The molecule has 0 saturated carbocycles. The second-order valence-electron chi connectivity index (χ2n) is 4.82. The van der Waals surface area contributed by atoms with Crippen molar-refractivity contribution >= 4 is 10.9 Å². The summed E-state index contributed by atoms with van der Waals surface area (Å²) < 4.78 is 56.4. The topological polar surface area (TPSA) is 39.9 Å². The van der Waals surface area contributed by atoms with Gasteiger partial charge in [0.1, 0.15) is 0 Å². The largest absolute Gasteiger partial charge is 0.457 e. The van der Waals surface area contributed by atoms with Gasteiger partial charge >= 0.3 is 12.5 Å². The van der Waals surface area contributed by atoms with Crippen LogP contribution in [-0.2, 0) is 6.54 Å². The van der Waals surface area contributed by atoms with Crippen molar-refractivity contribution in [1.82, 2.24) is 14.8 Å². The van der Waals surface area contributed by atoms with E-state index in [9.17, 15) is 17.6 Å². The molecule has 2 aromatic heterocycles. The molecule has 0 aliphatic heterocycles. The van der Waals surface area contributed by atoms with Crippen LogP contribution < -0.4 is 4.74 Å². The zero-order valence-electron chi connectivity index (χ0n) is 11.7. The van der Waals surface area contributed by atoms with Crippen molar-refractivity contribution in [1.29, 1.82) is 0 Å². The van der Waals surface area contributed by atoms with E-state index in [0.717, 1.165) is 5.56 Å². The van der Waals surface area contributed by atoms with Crippen LogP contribution in [0.2, 0.25) is 0 Å². The monoisotopic (exact) mass is 325 g/mol. The first kappa shape index (κ1) is 15.3. The van der Waals surface area contributed by atoms with Gasteiger partial charge < -0.3 is 4.74 Å². The zero-order chi connectivity index (χ0) is 16.4. The smallest absolute Gasteiger partial charge is 0.434 e. The van der Waals surface area contributed by atoms with Gasteiger partial charge in [0.25, 0.3) is 0 Å². The van der Waals surface area contributed by atoms with Crippen LogP contribution in [0.5, 0.6) is 5.88 Å². The average molecular weight is 325 g/mol. The molecule has 0 saturated heterocycles. The lowest BCUT2D eigenvalue weighted by molar-refractivity contribution is -0.237. The third-order valence-corrected chi connectivity index (χ3v) is 3.14. The second kappa shape index (κ2) is 5.86. The first-order chi connectivity index (χ1) is 10.9. The predicted molar refractivity (Wildman–Crippen MR) is 74.7 cm³/mol. The Balaban J connectivity index is 2.01. The van der Waals surface area contributed by atoms with Gasteiger partial charge in [-0.15, -0.1) is 0 Å². The molecular weight excluding hydrogens is 314 g/mol. The Labute approximate surface area is 128 Å². The van der Waals surface area contributed by atoms with E-state index in [1.165, 1.54) is 23.1 Å². The summed E-state index contributed by atoms with van der Waals surface area (Å²) in [5.41, 5.74) is 1.17. The summed E-state index contributed by atoms with van der Waals surface area (Å²) in [7, 11) is 0. The molecule has 3 aromatic rings. The molecule has 2 heterocycles. The molecule has 0 radical (unpaired) electrons. The third-order valence-electron chi connectivity index (χ3n) is 3.14. The van der Waals surface area contributed by atoms with E-state index >= 15 is 0 Å². The first-order valence-corrected chi connectivity index (χ1v) is 6.67. The molecule has 4 nitrogen and oxygen atoms in total. The van der Waals surface area contributed by atoms with Crippen molar-refractivity contribution in [2.45, 2.75) is 19.1 Å². The van der Waals surface area contributed by atoms with E-state index in [2.05, 4.69) is 14.8 Å². The second-order valence-corrected chi connectivity index (χ2v) is 4.82. The Morgan fingerprint density at radius 3 is 2.57 bits per heavy atom. The van der Waals surface area contributed by atoms with Crippen LogP contribution in [0, 0.1) is 0 Å². The van der Waals surface area contributed by atoms with Gasteiger partial charge in [-0.05, 0) is 11.6 Å². The van der Waals surface area contributed by atoms with Gasteiger partial charge in [-0.2, -0.15) is 22.7 Å². The summed E-state index contributed by atoms with van der Waals surface area (Å²) in [4.78, 5) is 3.83. The van der Waals surface area contributed by atoms with Crippen molar-refractivity contribution in [2.24, 2.45) is 0 Å². The fraction of sp³-hybridized carbons (Fsp3) is 0.200. The third kappa shape index (κ3) is 3.25. The standard InChI is InChI=1S/C15H11F4N3O/c16-14(15(17,18)19)23-13-11-8-20-7-6-12(11)21-22(13)9-10-4-2-1-3-5-10/h1-8,14H,9H2. The van der Waals surface area contributed by atoms with Crippen LogP contribution in [0.25, 0.3) is 10.9 Å². The number of benzene rings is 1. The summed E-state index contributed by atoms with van der Waals surface area (Å²) in [6.07, 6.45) is -5.81. The van der Waals surface area contributed by atoms with Crippen LogP contribution in [0.1, 0.15) is 5.56 Å². The number of halogens is 4. The minimum atomic E-state index is -5.11. The lowest BCUT2D eigenvalue weighted by Crippen LogP contribution is -2.30. The van der Waals surface area contributed by atoms with E-state index in [0.29, 0.717) is 5.52 Å². The molecule has 1 atom stereocenters. The maximum Gasteiger partial charge on any atom is 0.457 e. The van der Waals surface area contributed by atoms with Crippen molar-refractivity contribution in [2.75, 3.05) is 0 Å². The van der Waals surface area contributed by atoms with E-state index < -0.39 is 12.5 Å². The van der Waals surface area contributed by atoms with Gasteiger partial charge in [0, 0.05) is 12.4 Å². The Bertz CT molecular complexity index is 801. The SMILES string of the molecule is FC(Oc1c2cnccc2nn1Cc1ccccc1)C(F)(F)F. The Morgan fingerprint density at radius 2 is 1.87 bits per heavy atom. The Kier molecular flexibility index (Phi) is 3.89. The van der Waals surface area contributed by atoms with Crippen molar-refractivity contribution < 1.29 is 22.3 Å². The summed E-state index contributed by atoms with van der Waals surface area (Å²) in [6.45, 7) is 0.148. The van der Waals surface area contributed by atoms with Gasteiger partial charge in [-0.3, -0.25) is 4.98 Å². The van der Waals surface area contributed by atoms with E-state index in [-0.39, 0.29) is 17.8 Å². The highest BCUT2D eigenvalue weighted by Gasteiger charge is 2.43. The molecule has 0 spiro atoms. The molecule has 1 aromatic carbocycles. The minimum absolute atomic E-state index is 0.148. The van der Waals surface area contributed by atoms with Crippen LogP contribution in [0.15, 0.2) is 48.8 Å². The van der Waals surface area contributed by atoms with Gasteiger partial charge in [0.2, 0.25) is 5.88 Å². The summed E-state index contributed by atoms with van der Waals surface area (Å²) >= 11 is 0. The van der Waals surface area contributed by atoms with Gasteiger partial charge in [-0.1, -0.05) is 30.3 Å². The fourth-order valence-electron chi connectivity index (χ4n) is 2.11. The van der Waals surface area contributed by atoms with Gasteiger partial charge in [0.05, 0.1) is 17.4 Å².